The zero-order valence-corrected chi connectivity index (χ0v) is 7.50. The van der Waals surface area contributed by atoms with Gasteiger partial charge in [-0.25, -0.2) is 0 Å². The largest absolute Gasteiger partial charge is 0.146 e. The lowest BCUT2D eigenvalue weighted by atomic mass is 10.1. The van der Waals surface area contributed by atoms with E-state index in [1.807, 2.05) is 37.3 Å². The Balaban J connectivity index is 2.53. The van der Waals surface area contributed by atoms with Crippen molar-refractivity contribution in [3.63, 3.8) is 0 Å². The van der Waals surface area contributed by atoms with Crippen LogP contribution in [0.25, 0.3) is 0 Å². The van der Waals surface area contributed by atoms with Gasteiger partial charge in [-0.1, -0.05) is 30.3 Å². The molecule has 1 atom stereocenters. The summed E-state index contributed by atoms with van der Waals surface area (Å²) in [5.74, 6) is 0. The fraction of sp³-hybridized carbons (Fsp3) is 0.400. The summed E-state index contributed by atoms with van der Waals surface area (Å²) in [5, 5.41) is 0.743. The Labute approximate surface area is 72.8 Å². The van der Waals surface area contributed by atoms with Gasteiger partial charge >= 0.3 is 0 Å². The number of rotatable bonds is 3. The van der Waals surface area contributed by atoms with Gasteiger partial charge in [-0.3, -0.25) is 0 Å². The van der Waals surface area contributed by atoms with Crippen LogP contribution in [0.5, 0.6) is 0 Å². The van der Waals surface area contributed by atoms with Gasteiger partial charge in [0, 0.05) is 13.1 Å². The molecule has 12 heavy (non-hydrogen) atoms. The van der Waals surface area contributed by atoms with Crippen LogP contribution >= 0.6 is 0 Å². The highest BCUT2D eigenvalue weighted by atomic mass is 19.2. The Morgan fingerprint density at radius 1 is 1.33 bits per heavy atom. The van der Waals surface area contributed by atoms with Crippen LogP contribution in [0.4, 0.5) is 4.48 Å². The average molecular weight is 167 g/mol. The van der Waals surface area contributed by atoms with Crippen LogP contribution in [0.15, 0.2) is 30.3 Å². The normalized spacial score (nSPS) is 13.3. The third kappa shape index (κ3) is 2.62. The van der Waals surface area contributed by atoms with E-state index >= 15 is 0 Å². The van der Waals surface area contributed by atoms with E-state index in [0.29, 0.717) is 0 Å². The first-order valence-corrected chi connectivity index (χ1v) is 4.12. The molecule has 1 rings (SSSR count). The van der Waals surface area contributed by atoms with Gasteiger partial charge in [0.25, 0.3) is 0 Å². The molecule has 0 aliphatic carbocycles. The molecule has 0 fully saturated rings. The fourth-order valence-electron chi connectivity index (χ4n) is 1.08. The Morgan fingerprint density at radius 2 is 1.92 bits per heavy atom. The molecule has 0 saturated heterocycles. The summed E-state index contributed by atoms with van der Waals surface area (Å²) in [7, 11) is 1.45. The predicted molar refractivity (Wildman–Crippen MR) is 48.5 cm³/mol. The molecule has 0 bridgehead atoms. The van der Waals surface area contributed by atoms with Crippen LogP contribution in [-0.2, 0) is 6.42 Å². The lowest BCUT2D eigenvalue weighted by Crippen LogP contribution is -2.22. The topological polar surface area (TPSA) is 3.24 Å². The molecule has 66 valence electrons. The summed E-state index contributed by atoms with van der Waals surface area (Å²) in [4.78, 5) is 0. The maximum Gasteiger partial charge on any atom is 0.0411 e. The number of benzene rings is 1. The minimum absolute atomic E-state index is 0.0487. The molecular formula is C10H14FN. The van der Waals surface area contributed by atoms with Crippen molar-refractivity contribution >= 4 is 0 Å². The molecule has 0 aliphatic rings. The Bertz CT molecular complexity index is 221. The summed E-state index contributed by atoms with van der Waals surface area (Å²) in [6, 6.07) is 9.89. The van der Waals surface area contributed by atoms with E-state index < -0.39 is 0 Å². The molecular weight excluding hydrogens is 153 g/mol. The van der Waals surface area contributed by atoms with Crippen molar-refractivity contribution in [1.29, 1.82) is 0 Å². The lowest BCUT2D eigenvalue weighted by molar-refractivity contribution is 0.0170. The van der Waals surface area contributed by atoms with Crippen LogP contribution < -0.4 is 0 Å². The summed E-state index contributed by atoms with van der Waals surface area (Å²) < 4.78 is 12.6. The highest BCUT2D eigenvalue weighted by Gasteiger charge is 2.07. The zero-order chi connectivity index (χ0) is 8.97. The molecule has 0 amide bonds. The molecule has 0 aliphatic heterocycles. The van der Waals surface area contributed by atoms with E-state index in [0.717, 1.165) is 11.5 Å². The van der Waals surface area contributed by atoms with E-state index in [2.05, 4.69) is 0 Å². The lowest BCUT2D eigenvalue weighted by Gasteiger charge is -2.14. The second kappa shape index (κ2) is 4.21. The number of hydrogen-bond acceptors (Lipinski definition) is 1. The van der Waals surface area contributed by atoms with Crippen LogP contribution in [0.3, 0.4) is 0 Å². The molecule has 0 spiro atoms. The van der Waals surface area contributed by atoms with Gasteiger partial charge in [-0.15, -0.1) is 9.60 Å². The van der Waals surface area contributed by atoms with Crippen LogP contribution in [0, 0.1) is 0 Å². The van der Waals surface area contributed by atoms with Crippen LogP contribution in [-0.4, -0.2) is 18.2 Å². The molecule has 0 N–H and O–H groups in total. The minimum atomic E-state index is -0.0487. The van der Waals surface area contributed by atoms with E-state index in [1.165, 1.54) is 12.6 Å². The molecule has 2 heteroatoms. The average Bonchev–Trinajstić information content (AvgIpc) is 2.06. The van der Waals surface area contributed by atoms with Crippen molar-refractivity contribution in [2.24, 2.45) is 0 Å². The number of hydrogen-bond donors (Lipinski definition) is 0. The third-order valence-corrected chi connectivity index (χ3v) is 1.98. The van der Waals surface area contributed by atoms with Gasteiger partial charge in [-0.05, 0) is 18.9 Å². The summed E-state index contributed by atoms with van der Waals surface area (Å²) >= 11 is 0. The summed E-state index contributed by atoms with van der Waals surface area (Å²) in [5.41, 5.74) is 1.18. The monoisotopic (exact) mass is 167 g/mol. The van der Waals surface area contributed by atoms with E-state index in [1.54, 1.807) is 0 Å². The van der Waals surface area contributed by atoms with Gasteiger partial charge in [-0.2, -0.15) is 0 Å². The zero-order valence-electron chi connectivity index (χ0n) is 7.50. The van der Waals surface area contributed by atoms with Crippen molar-refractivity contribution in [2.45, 2.75) is 19.4 Å². The number of likely N-dealkylation sites (N-methyl/N-ethyl adjacent to an activating group) is 1. The molecule has 1 nitrogen and oxygen atoms in total. The van der Waals surface area contributed by atoms with Gasteiger partial charge in [0.05, 0.1) is 0 Å². The molecule has 0 heterocycles. The molecule has 0 radical (unpaired) electrons. The van der Waals surface area contributed by atoms with E-state index in [-0.39, 0.29) is 6.04 Å². The fourth-order valence-corrected chi connectivity index (χ4v) is 1.08. The third-order valence-electron chi connectivity index (χ3n) is 1.98. The Kier molecular flexibility index (Phi) is 3.23. The van der Waals surface area contributed by atoms with Crippen LogP contribution in [0.1, 0.15) is 12.5 Å². The molecule has 1 aromatic carbocycles. The van der Waals surface area contributed by atoms with Crippen molar-refractivity contribution in [2.75, 3.05) is 7.05 Å². The molecule has 1 aromatic rings. The van der Waals surface area contributed by atoms with Crippen molar-refractivity contribution < 1.29 is 4.48 Å². The first-order chi connectivity index (χ1) is 5.70. The highest BCUT2D eigenvalue weighted by molar-refractivity contribution is 5.15. The van der Waals surface area contributed by atoms with Gasteiger partial charge in [0.2, 0.25) is 0 Å². The Hall–Kier alpha value is -0.890. The van der Waals surface area contributed by atoms with Crippen molar-refractivity contribution in [3.05, 3.63) is 35.9 Å². The SMILES string of the molecule is CC(Cc1ccccc1)N(C)F. The standard InChI is InChI=1S/C10H14FN/c1-9(12(2)11)8-10-6-4-3-5-7-10/h3-7,9H,8H2,1-2H3. The summed E-state index contributed by atoms with van der Waals surface area (Å²) in [6.07, 6.45) is 0.758. The second-order valence-corrected chi connectivity index (χ2v) is 3.06. The maximum absolute atomic E-state index is 12.6. The van der Waals surface area contributed by atoms with Crippen molar-refractivity contribution in [1.82, 2.24) is 5.12 Å². The Morgan fingerprint density at radius 3 is 2.42 bits per heavy atom. The molecule has 1 unspecified atom stereocenters. The van der Waals surface area contributed by atoms with Crippen molar-refractivity contribution in [3.8, 4) is 0 Å². The van der Waals surface area contributed by atoms with E-state index in [9.17, 15) is 4.48 Å². The van der Waals surface area contributed by atoms with Gasteiger partial charge in [0.1, 0.15) is 0 Å². The van der Waals surface area contributed by atoms with E-state index in [4.69, 9.17) is 0 Å². The summed E-state index contributed by atoms with van der Waals surface area (Å²) in [6.45, 7) is 1.87. The maximum atomic E-state index is 12.6. The van der Waals surface area contributed by atoms with Gasteiger partial charge in [0.15, 0.2) is 0 Å². The number of halogens is 1. The first kappa shape index (κ1) is 9.20. The molecule has 0 saturated carbocycles. The molecule has 0 aromatic heterocycles. The first-order valence-electron chi connectivity index (χ1n) is 4.12. The highest BCUT2D eigenvalue weighted by Crippen LogP contribution is 2.06. The van der Waals surface area contributed by atoms with Crippen LogP contribution in [0.2, 0.25) is 0 Å². The predicted octanol–water partition coefficient (Wildman–Crippen LogP) is 2.43. The number of nitrogens with zero attached hydrogens (tertiary/aromatic N) is 1. The minimum Gasteiger partial charge on any atom is -0.146 e. The second-order valence-electron chi connectivity index (χ2n) is 3.06. The quantitative estimate of drug-likeness (QED) is 0.625. The smallest absolute Gasteiger partial charge is 0.0411 e. The van der Waals surface area contributed by atoms with Gasteiger partial charge < -0.3 is 0 Å².